The number of hydrogen-bond donors (Lipinski definition) is 2. The molecule has 0 bridgehead atoms. The highest BCUT2D eigenvalue weighted by Gasteiger charge is 2.23. The molecule has 216 valence electrons. The molecule has 0 aliphatic rings. The van der Waals surface area contributed by atoms with Gasteiger partial charge in [-0.05, 0) is 56.5 Å². The molecule has 0 aliphatic heterocycles. The maximum absolute atomic E-state index is 12.8. The lowest BCUT2D eigenvalue weighted by molar-refractivity contribution is -0.0757. The number of phenolic OH excluding ortho intramolecular Hbond substituents is 1. The van der Waals surface area contributed by atoms with E-state index in [-0.39, 0.29) is 28.4 Å². The molecule has 13 heteroatoms. The second-order valence-corrected chi connectivity index (χ2v) is 10.4. The molecule has 0 aliphatic carbocycles. The van der Waals surface area contributed by atoms with Gasteiger partial charge < -0.3 is 14.9 Å². The fourth-order valence-corrected chi connectivity index (χ4v) is 4.30. The molecule has 42 heavy (non-hydrogen) atoms. The van der Waals surface area contributed by atoms with Crippen molar-refractivity contribution in [2.75, 3.05) is 14.2 Å². The molecule has 2 N–H and O–H groups in total. The van der Waals surface area contributed by atoms with Crippen molar-refractivity contribution in [3.05, 3.63) is 89.5 Å². The summed E-state index contributed by atoms with van der Waals surface area (Å²) in [4.78, 5) is 30.3. The number of nitrogens with zero attached hydrogens (tertiary/aromatic N) is 7. The Morgan fingerprint density at radius 2 is 1.52 bits per heavy atom. The van der Waals surface area contributed by atoms with Crippen LogP contribution in [-0.2, 0) is 9.57 Å². The minimum absolute atomic E-state index is 0.136. The molecule has 1 unspecified atom stereocenters. The molecule has 1 amide bonds. The van der Waals surface area contributed by atoms with E-state index >= 15 is 0 Å². The van der Waals surface area contributed by atoms with Gasteiger partial charge in [0.05, 0.1) is 30.8 Å². The summed E-state index contributed by atoms with van der Waals surface area (Å²) in [5.74, 6) is -1.01. The van der Waals surface area contributed by atoms with Gasteiger partial charge in [-0.1, -0.05) is 34.7 Å². The summed E-state index contributed by atoms with van der Waals surface area (Å²) in [5, 5.41) is 40.3. The first-order valence-electron chi connectivity index (χ1n) is 12.9. The lowest BCUT2D eigenvalue weighted by Gasteiger charge is -2.20. The SMILES string of the molecule is CON(C)C(=O)c1ccc(O)c(-n2cc(C(O)c3cn(-c4cccc5c(C(=O)OC(C)(C)C)cccc45)nn3)nn2)c1. The standard InChI is InChI=1S/C29H29N7O6/c1-29(2,3)42-28(40)20-10-6-9-19-18(20)8-7-11-23(19)35-15-21(30-32-35)26(38)22-16-36(33-31-22)24-14-17(12-13-25(24)37)27(39)34(4)41-5/h6-16,26,37-38H,1-5H3. The van der Waals surface area contributed by atoms with E-state index in [1.807, 2.05) is 39.0 Å². The van der Waals surface area contributed by atoms with Crippen LogP contribution in [0.1, 0.15) is 59.0 Å². The van der Waals surface area contributed by atoms with Gasteiger partial charge in [-0.25, -0.2) is 19.2 Å². The molecule has 0 radical (unpaired) electrons. The number of aliphatic hydroxyl groups is 1. The van der Waals surface area contributed by atoms with Gasteiger partial charge in [0.2, 0.25) is 0 Å². The number of aliphatic hydroxyl groups excluding tert-OH is 1. The van der Waals surface area contributed by atoms with Crippen LogP contribution in [0.5, 0.6) is 5.75 Å². The number of aromatic nitrogens is 6. The number of ether oxygens (including phenoxy) is 1. The molecule has 0 saturated heterocycles. The first-order chi connectivity index (χ1) is 20.0. The first kappa shape index (κ1) is 28.4. The highest BCUT2D eigenvalue weighted by Crippen LogP contribution is 2.28. The van der Waals surface area contributed by atoms with E-state index in [0.717, 1.165) is 10.4 Å². The van der Waals surface area contributed by atoms with Gasteiger partial charge in [0.15, 0.2) is 0 Å². The van der Waals surface area contributed by atoms with Crippen LogP contribution in [0.2, 0.25) is 0 Å². The van der Waals surface area contributed by atoms with Crippen molar-refractivity contribution in [2.45, 2.75) is 32.5 Å². The van der Waals surface area contributed by atoms with Crippen LogP contribution >= 0.6 is 0 Å². The van der Waals surface area contributed by atoms with Crippen molar-refractivity contribution in [3.63, 3.8) is 0 Å². The number of fused-ring (bicyclic) bond motifs is 1. The van der Waals surface area contributed by atoms with Crippen molar-refractivity contribution >= 4 is 22.6 Å². The third-order valence-electron chi connectivity index (χ3n) is 6.38. The molecule has 13 nitrogen and oxygen atoms in total. The molecular weight excluding hydrogens is 542 g/mol. The quantitative estimate of drug-likeness (QED) is 0.219. The van der Waals surface area contributed by atoms with E-state index in [9.17, 15) is 19.8 Å². The molecule has 2 heterocycles. The molecule has 1 atom stereocenters. The van der Waals surface area contributed by atoms with Crippen LogP contribution in [0.4, 0.5) is 0 Å². The summed E-state index contributed by atoms with van der Waals surface area (Å²) in [6.07, 6.45) is 1.67. The van der Waals surface area contributed by atoms with Gasteiger partial charge in [-0.3, -0.25) is 9.63 Å². The smallest absolute Gasteiger partial charge is 0.339 e. The Bertz CT molecular complexity index is 1790. The maximum Gasteiger partial charge on any atom is 0.339 e. The fourth-order valence-electron chi connectivity index (χ4n) is 4.30. The zero-order valence-corrected chi connectivity index (χ0v) is 23.6. The molecule has 0 spiro atoms. The van der Waals surface area contributed by atoms with Gasteiger partial charge in [-0.15, -0.1) is 10.2 Å². The van der Waals surface area contributed by atoms with Crippen LogP contribution in [0.25, 0.3) is 22.1 Å². The molecule has 2 aromatic heterocycles. The lowest BCUT2D eigenvalue weighted by atomic mass is 10.0. The van der Waals surface area contributed by atoms with Crippen molar-refractivity contribution in [1.82, 2.24) is 35.1 Å². The number of carbonyl (C=O) groups excluding carboxylic acids is 2. The van der Waals surface area contributed by atoms with Crippen molar-refractivity contribution in [3.8, 4) is 17.1 Å². The largest absolute Gasteiger partial charge is 0.506 e. The Morgan fingerprint density at radius 3 is 2.17 bits per heavy atom. The Balaban J connectivity index is 1.43. The summed E-state index contributed by atoms with van der Waals surface area (Å²) < 4.78 is 8.31. The fraction of sp³-hybridized carbons (Fsp3) is 0.241. The number of rotatable bonds is 7. The van der Waals surface area contributed by atoms with E-state index in [1.165, 1.54) is 47.9 Å². The average molecular weight is 572 g/mol. The van der Waals surface area contributed by atoms with Crippen LogP contribution < -0.4 is 0 Å². The molecule has 3 aromatic carbocycles. The third-order valence-corrected chi connectivity index (χ3v) is 6.38. The Labute approximate surface area is 240 Å². The van der Waals surface area contributed by atoms with E-state index in [0.29, 0.717) is 16.6 Å². The molecular formula is C29H29N7O6. The average Bonchev–Trinajstić information content (AvgIpc) is 3.65. The zero-order chi connectivity index (χ0) is 30.2. The van der Waals surface area contributed by atoms with E-state index in [1.54, 1.807) is 24.4 Å². The minimum Gasteiger partial charge on any atom is -0.506 e. The molecule has 0 fully saturated rings. The van der Waals surface area contributed by atoms with Crippen molar-refractivity contribution in [2.24, 2.45) is 0 Å². The number of hydrogen-bond acceptors (Lipinski definition) is 10. The summed E-state index contributed by atoms with van der Waals surface area (Å²) in [7, 11) is 2.83. The second-order valence-electron chi connectivity index (χ2n) is 10.4. The number of esters is 1. The molecule has 5 rings (SSSR count). The number of hydroxylamine groups is 2. The normalized spacial score (nSPS) is 12.3. The summed E-state index contributed by atoms with van der Waals surface area (Å²) in [6.45, 7) is 5.43. The van der Waals surface area contributed by atoms with Gasteiger partial charge in [0.25, 0.3) is 5.91 Å². The van der Waals surface area contributed by atoms with E-state index in [4.69, 9.17) is 9.57 Å². The number of aromatic hydroxyl groups is 1. The highest BCUT2D eigenvalue weighted by molar-refractivity contribution is 6.06. The summed E-state index contributed by atoms with van der Waals surface area (Å²) >= 11 is 0. The van der Waals surface area contributed by atoms with E-state index < -0.39 is 23.6 Å². The predicted octanol–water partition coefficient (Wildman–Crippen LogP) is 3.38. The molecule has 5 aromatic rings. The predicted molar refractivity (Wildman–Crippen MR) is 150 cm³/mol. The summed E-state index contributed by atoms with van der Waals surface area (Å²) in [5.41, 5.74) is 1.17. The van der Waals surface area contributed by atoms with Gasteiger partial charge >= 0.3 is 5.97 Å². The number of amides is 1. The van der Waals surface area contributed by atoms with Crippen molar-refractivity contribution in [1.29, 1.82) is 0 Å². The van der Waals surface area contributed by atoms with Crippen LogP contribution in [-0.4, -0.2) is 76.9 Å². The number of benzene rings is 3. The van der Waals surface area contributed by atoms with Crippen LogP contribution in [0.15, 0.2) is 67.0 Å². The third kappa shape index (κ3) is 5.55. The Hall–Kier alpha value is -5.14. The van der Waals surface area contributed by atoms with E-state index in [2.05, 4.69) is 20.6 Å². The molecule has 0 saturated carbocycles. The Morgan fingerprint density at radius 1 is 0.905 bits per heavy atom. The monoisotopic (exact) mass is 571 g/mol. The van der Waals surface area contributed by atoms with Crippen LogP contribution in [0, 0.1) is 0 Å². The minimum atomic E-state index is -1.30. The van der Waals surface area contributed by atoms with Crippen LogP contribution in [0.3, 0.4) is 0 Å². The van der Waals surface area contributed by atoms with Crippen molar-refractivity contribution < 1.29 is 29.4 Å². The number of phenols is 1. The second kappa shape index (κ2) is 11.0. The maximum atomic E-state index is 12.8. The highest BCUT2D eigenvalue weighted by atomic mass is 16.7. The topological polar surface area (TPSA) is 158 Å². The lowest BCUT2D eigenvalue weighted by Crippen LogP contribution is -2.25. The van der Waals surface area contributed by atoms with Gasteiger partial charge in [0.1, 0.15) is 34.5 Å². The first-order valence-corrected chi connectivity index (χ1v) is 12.9. The Kier molecular flexibility index (Phi) is 7.45. The van der Waals surface area contributed by atoms with Gasteiger partial charge in [-0.2, -0.15) is 0 Å². The van der Waals surface area contributed by atoms with Gasteiger partial charge in [0, 0.05) is 18.0 Å². The summed E-state index contributed by atoms with van der Waals surface area (Å²) in [6, 6.07) is 15.0. The number of carbonyl (C=O) groups is 2. The zero-order valence-electron chi connectivity index (χ0n) is 23.6.